The first-order valence-electron chi connectivity index (χ1n) is 29.9. The molecule has 0 spiro atoms. The number of esters is 6. The molecule has 2 N–H and O–H groups in total. The van der Waals surface area contributed by atoms with Crippen LogP contribution in [0.25, 0.3) is 0 Å². The second-order valence-corrected chi connectivity index (χ2v) is 29.5. The Kier molecular flexibility index (Phi) is 23.7. The number of aliphatic hydroxyl groups is 1. The van der Waals surface area contributed by atoms with Crippen LogP contribution in [0.2, 0.25) is 0 Å². The summed E-state index contributed by atoms with van der Waals surface area (Å²) < 4.78 is 33.7. The number of carbonyl (C=O) groups excluding carboxylic acids is 7. The summed E-state index contributed by atoms with van der Waals surface area (Å²) in [6.07, 6.45) is 8.38. The number of rotatable bonds is 24. The molecule has 0 aromatic carbocycles. The lowest BCUT2D eigenvalue weighted by Gasteiger charge is -2.62. The van der Waals surface area contributed by atoms with E-state index in [1.54, 1.807) is 114 Å². The van der Waals surface area contributed by atoms with Gasteiger partial charge in [-0.2, -0.15) is 0 Å². The lowest BCUT2D eigenvalue weighted by Crippen LogP contribution is -2.59. The highest BCUT2D eigenvalue weighted by molar-refractivity contribution is 5.80. The van der Waals surface area contributed by atoms with E-state index in [0.717, 1.165) is 57.8 Å². The Morgan fingerprint density at radius 3 is 1.46 bits per heavy atom. The SMILES string of the molecule is COC(=O)CC[C@@H](C)[C@H]1CC[C@H]2[C@@H]3CC[C@@H]4C[C@@H](NC(=O)CCC(C(=O)OC(C)(C)C)N(CCN(CC(=O)OC(C)(C)C)CC(=O)OC(C)(C)C)CCN(CC(=O)OC(C)(C)C)CC(=O)OC(C)(C)C)CC[C@]4(C)[C@H]3C[C@H](O)[C@]12C. The first-order valence-corrected chi connectivity index (χ1v) is 29.9. The van der Waals surface area contributed by atoms with Crippen LogP contribution in [0.1, 0.15) is 202 Å². The van der Waals surface area contributed by atoms with Gasteiger partial charge >= 0.3 is 35.8 Å². The van der Waals surface area contributed by atoms with E-state index in [-0.39, 0.29) is 93.9 Å². The molecule has 0 radical (unpaired) electrons. The number of ether oxygens (including phenoxy) is 6. The third-order valence-corrected chi connectivity index (χ3v) is 17.2. The standard InChI is InChI=1S/C62H108N4O14/c1-40(20-27-50(69)75-19)44-23-24-45-43-22-21-41-34-42(28-29-61(41,17)46(43)35-48(67)62(44,45)18)63-49(68)26-25-47(55(74)80-60(14,15)16)66(32-30-64(36-51(70)76-56(2,3)4)37-52(71)77-57(5,6)7)33-31-65(38-53(72)78-58(8,9)10)39-54(73)79-59(11,12)13/h40-48,67H,20-39H2,1-19H3,(H,63,68)/t40-,41-,42+,43+,44-,45+,46+,47?,48+,61+,62-/m1/s1. The van der Waals surface area contributed by atoms with Crippen LogP contribution in [0.15, 0.2) is 0 Å². The fourth-order valence-electron chi connectivity index (χ4n) is 14.0. The quantitative estimate of drug-likeness (QED) is 0.0684. The summed E-state index contributed by atoms with van der Waals surface area (Å²) in [7, 11) is 1.43. The zero-order valence-corrected chi connectivity index (χ0v) is 52.9. The third kappa shape index (κ3) is 21.1. The predicted molar refractivity (Wildman–Crippen MR) is 306 cm³/mol. The summed E-state index contributed by atoms with van der Waals surface area (Å²) >= 11 is 0. The van der Waals surface area contributed by atoms with Crippen molar-refractivity contribution >= 4 is 41.7 Å². The number of nitrogens with zero attached hydrogens (tertiary/aromatic N) is 3. The monoisotopic (exact) mass is 1130 g/mol. The normalized spacial score (nSPS) is 27.0. The molecule has 0 heterocycles. The van der Waals surface area contributed by atoms with Crippen LogP contribution in [-0.2, 0) is 62.0 Å². The maximum atomic E-state index is 14.6. The summed E-state index contributed by atoms with van der Waals surface area (Å²) in [5.74, 6) is -0.884. The summed E-state index contributed by atoms with van der Waals surface area (Å²) in [5, 5.41) is 15.5. The van der Waals surface area contributed by atoms with E-state index in [0.29, 0.717) is 41.9 Å². The highest BCUT2D eigenvalue weighted by Gasteiger charge is 2.64. The minimum Gasteiger partial charge on any atom is -0.469 e. The second kappa shape index (κ2) is 27.7. The summed E-state index contributed by atoms with van der Waals surface area (Å²) in [6, 6.07) is -1.09. The Bertz CT molecular complexity index is 1990. The Balaban J connectivity index is 1.59. The molecule has 4 rings (SSSR count). The first kappa shape index (κ1) is 68.6. The average Bonchev–Trinajstić information content (AvgIpc) is 3.64. The summed E-state index contributed by atoms with van der Waals surface area (Å²) in [4.78, 5) is 99.5. The van der Waals surface area contributed by atoms with Gasteiger partial charge in [-0.15, -0.1) is 0 Å². The fraction of sp³-hybridized carbons (Fsp3) is 0.887. The molecule has 4 saturated carbocycles. The van der Waals surface area contributed by atoms with Gasteiger partial charge in [-0.3, -0.25) is 48.3 Å². The van der Waals surface area contributed by atoms with Crippen molar-refractivity contribution < 1.29 is 67.1 Å². The van der Waals surface area contributed by atoms with Gasteiger partial charge in [0.1, 0.15) is 34.0 Å². The van der Waals surface area contributed by atoms with Gasteiger partial charge in [-0.05, 0) is 214 Å². The zero-order valence-electron chi connectivity index (χ0n) is 52.9. The molecule has 1 unspecified atom stereocenters. The van der Waals surface area contributed by atoms with Crippen LogP contribution in [0, 0.1) is 46.3 Å². The largest absolute Gasteiger partial charge is 0.469 e. The molecule has 0 bridgehead atoms. The summed E-state index contributed by atoms with van der Waals surface area (Å²) in [6.45, 7) is 32.6. The van der Waals surface area contributed by atoms with Gasteiger partial charge in [-0.1, -0.05) is 20.8 Å². The Hall–Kier alpha value is -3.87. The fourth-order valence-corrected chi connectivity index (χ4v) is 14.0. The third-order valence-electron chi connectivity index (χ3n) is 17.2. The zero-order chi connectivity index (χ0) is 60.6. The lowest BCUT2D eigenvalue weighted by molar-refractivity contribution is -0.170. The predicted octanol–water partition coefficient (Wildman–Crippen LogP) is 8.45. The van der Waals surface area contributed by atoms with Crippen LogP contribution in [0.4, 0.5) is 0 Å². The van der Waals surface area contributed by atoms with Crippen molar-refractivity contribution in [2.75, 3.05) is 59.5 Å². The smallest absolute Gasteiger partial charge is 0.323 e. The molecule has 0 aromatic heterocycles. The minimum absolute atomic E-state index is 0.0189. The molecule has 4 aliphatic carbocycles. The van der Waals surface area contributed by atoms with Crippen molar-refractivity contribution in [3.05, 3.63) is 0 Å². The molecule has 4 aliphatic rings. The molecule has 80 heavy (non-hydrogen) atoms. The van der Waals surface area contributed by atoms with E-state index in [9.17, 15) is 38.7 Å². The number of aliphatic hydroxyl groups excluding tert-OH is 1. The average molecular weight is 1130 g/mol. The van der Waals surface area contributed by atoms with Crippen molar-refractivity contribution in [3.63, 3.8) is 0 Å². The van der Waals surface area contributed by atoms with E-state index >= 15 is 0 Å². The molecule has 18 nitrogen and oxygen atoms in total. The molecule has 1 amide bonds. The number of nitrogens with one attached hydrogen (secondary N) is 1. The van der Waals surface area contributed by atoms with Gasteiger partial charge in [0.2, 0.25) is 5.91 Å². The molecule has 4 fully saturated rings. The maximum absolute atomic E-state index is 14.6. The van der Waals surface area contributed by atoms with Gasteiger partial charge in [0, 0.05) is 45.1 Å². The molecule has 460 valence electrons. The molecule has 0 saturated heterocycles. The Morgan fingerprint density at radius 2 is 1.02 bits per heavy atom. The van der Waals surface area contributed by atoms with Crippen molar-refractivity contribution in [2.45, 2.75) is 248 Å². The molecule has 0 aliphatic heterocycles. The van der Waals surface area contributed by atoms with Crippen molar-refractivity contribution in [2.24, 2.45) is 46.3 Å². The summed E-state index contributed by atoms with van der Waals surface area (Å²) in [5.41, 5.74) is -4.30. The second-order valence-electron chi connectivity index (χ2n) is 29.5. The Labute approximate surface area is 480 Å². The van der Waals surface area contributed by atoms with Crippen LogP contribution >= 0.6 is 0 Å². The number of methoxy groups -OCH3 is 1. The highest BCUT2D eigenvalue weighted by Crippen LogP contribution is 2.68. The minimum atomic E-state index is -1.02. The maximum Gasteiger partial charge on any atom is 0.323 e. The van der Waals surface area contributed by atoms with E-state index in [1.165, 1.54) is 7.11 Å². The van der Waals surface area contributed by atoms with Gasteiger partial charge in [0.15, 0.2) is 0 Å². The lowest BCUT2D eigenvalue weighted by atomic mass is 9.43. The van der Waals surface area contributed by atoms with Crippen molar-refractivity contribution in [1.29, 1.82) is 0 Å². The number of fused-ring (bicyclic) bond motifs is 5. The topological polar surface area (TPSA) is 217 Å². The molecular weight excluding hydrogens is 1020 g/mol. The number of carbonyl (C=O) groups is 7. The first-order chi connectivity index (χ1) is 36.6. The Morgan fingerprint density at radius 1 is 0.562 bits per heavy atom. The van der Waals surface area contributed by atoms with E-state index in [1.807, 2.05) is 4.90 Å². The molecule has 0 aromatic rings. The van der Waals surface area contributed by atoms with Gasteiger partial charge in [-0.25, -0.2) is 0 Å². The van der Waals surface area contributed by atoms with Crippen molar-refractivity contribution in [3.8, 4) is 0 Å². The number of amides is 1. The van der Waals surface area contributed by atoms with E-state index < -0.39 is 70.0 Å². The van der Waals surface area contributed by atoms with Crippen LogP contribution < -0.4 is 5.32 Å². The van der Waals surface area contributed by atoms with E-state index in [4.69, 9.17) is 28.4 Å². The molecule has 18 heteroatoms. The van der Waals surface area contributed by atoms with Crippen LogP contribution in [0.3, 0.4) is 0 Å². The highest BCUT2D eigenvalue weighted by atomic mass is 16.6. The van der Waals surface area contributed by atoms with Crippen LogP contribution in [0.5, 0.6) is 0 Å². The number of hydrogen-bond acceptors (Lipinski definition) is 17. The van der Waals surface area contributed by atoms with Gasteiger partial charge < -0.3 is 38.8 Å². The van der Waals surface area contributed by atoms with Gasteiger partial charge in [0.25, 0.3) is 0 Å². The molecule has 11 atom stereocenters. The molecular formula is C62H108N4O14. The van der Waals surface area contributed by atoms with Gasteiger partial charge in [0.05, 0.1) is 39.4 Å². The number of hydrogen-bond donors (Lipinski definition) is 2. The van der Waals surface area contributed by atoms with E-state index in [2.05, 4.69) is 26.1 Å². The van der Waals surface area contributed by atoms with Crippen LogP contribution in [-0.4, -0.2) is 167 Å². The van der Waals surface area contributed by atoms with Crippen molar-refractivity contribution in [1.82, 2.24) is 20.0 Å².